The summed E-state index contributed by atoms with van der Waals surface area (Å²) in [5.74, 6) is 0.127. The highest BCUT2D eigenvalue weighted by molar-refractivity contribution is 6.67. The topological polar surface area (TPSA) is 68.9 Å². The first kappa shape index (κ1) is 10.1. The number of nitrogens with two attached hydrogens (primary N) is 1. The predicted molar refractivity (Wildman–Crippen MR) is 43.9 cm³/mol. The zero-order chi connectivity index (χ0) is 7.56. The Bertz CT molecular complexity index is 248. The van der Waals surface area contributed by atoms with Gasteiger partial charge in [0.15, 0.2) is 0 Å². The zero-order valence-corrected chi connectivity index (χ0v) is 6.89. The summed E-state index contributed by atoms with van der Waals surface area (Å²) in [6.45, 7) is 0. The van der Waals surface area contributed by atoms with Crippen molar-refractivity contribution >= 4 is 35.2 Å². The number of aromatic nitrogens is 2. The smallest absolute Gasteiger partial charge is 0.255 e. The highest BCUT2D eigenvalue weighted by Crippen LogP contribution is 2.00. The van der Waals surface area contributed by atoms with Crippen molar-refractivity contribution in [2.45, 2.75) is 0 Å². The highest BCUT2D eigenvalue weighted by Gasteiger charge is 2.00. The summed E-state index contributed by atoms with van der Waals surface area (Å²) in [5.41, 5.74) is 5.40. The van der Waals surface area contributed by atoms with Crippen LogP contribution in [0.25, 0.3) is 0 Å². The fraction of sp³-hybridized carbons (Fsp3) is 0. The van der Waals surface area contributed by atoms with Crippen LogP contribution >= 0.6 is 24.0 Å². The van der Waals surface area contributed by atoms with Gasteiger partial charge in [0.1, 0.15) is 0 Å². The molecule has 1 heterocycles. The third-order valence-electron chi connectivity index (χ3n) is 0.899. The van der Waals surface area contributed by atoms with Gasteiger partial charge in [-0.2, -0.15) is 0 Å². The van der Waals surface area contributed by atoms with Crippen LogP contribution in [0.1, 0.15) is 10.4 Å². The molecule has 0 atom stereocenters. The van der Waals surface area contributed by atoms with Crippen molar-refractivity contribution in [1.82, 2.24) is 9.97 Å². The summed E-state index contributed by atoms with van der Waals surface area (Å²) in [4.78, 5) is 17.5. The van der Waals surface area contributed by atoms with Crippen LogP contribution in [0.4, 0.5) is 5.95 Å². The maximum Gasteiger partial charge on any atom is 0.255 e. The summed E-state index contributed by atoms with van der Waals surface area (Å²) < 4.78 is 0. The Balaban J connectivity index is 0.000001000. The fourth-order valence-electron chi connectivity index (χ4n) is 0.440. The molecule has 0 amide bonds. The van der Waals surface area contributed by atoms with Crippen LogP contribution in [0.5, 0.6) is 0 Å². The van der Waals surface area contributed by atoms with Crippen molar-refractivity contribution in [3.8, 4) is 0 Å². The normalized spacial score (nSPS) is 8.45. The number of nitrogens with zero attached hydrogens (tertiary/aromatic N) is 2. The van der Waals surface area contributed by atoms with Gasteiger partial charge in [-0.25, -0.2) is 9.97 Å². The van der Waals surface area contributed by atoms with Crippen LogP contribution in [0.2, 0.25) is 0 Å². The molecule has 11 heavy (non-hydrogen) atoms. The van der Waals surface area contributed by atoms with Gasteiger partial charge in [-0.15, -0.1) is 12.4 Å². The Hall–Kier alpha value is -0.870. The average Bonchev–Trinajstić information content (AvgIpc) is 1.88. The van der Waals surface area contributed by atoms with Gasteiger partial charge in [-0.3, -0.25) is 4.79 Å². The monoisotopic (exact) mass is 193 g/mol. The van der Waals surface area contributed by atoms with Gasteiger partial charge >= 0.3 is 0 Å². The first-order valence-corrected chi connectivity index (χ1v) is 2.85. The van der Waals surface area contributed by atoms with Crippen molar-refractivity contribution in [2.24, 2.45) is 0 Å². The Labute approximate surface area is 74.2 Å². The number of anilines is 1. The SMILES string of the molecule is Cl.Nc1ncc(C(=O)Cl)cn1. The molecule has 4 nitrogen and oxygen atoms in total. The van der Waals surface area contributed by atoms with E-state index in [1.54, 1.807) is 0 Å². The summed E-state index contributed by atoms with van der Waals surface area (Å²) in [6.07, 6.45) is 2.55. The van der Waals surface area contributed by atoms with Gasteiger partial charge in [-0.05, 0) is 11.6 Å². The molecular weight excluding hydrogens is 189 g/mol. The lowest BCUT2D eigenvalue weighted by Gasteiger charge is -1.90. The van der Waals surface area contributed by atoms with E-state index in [4.69, 9.17) is 17.3 Å². The number of carbonyl (C=O) groups excluding carboxylic acids is 1. The second-order valence-corrected chi connectivity index (χ2v) is 1.95. The van der Waals surface area contributed by atoms with E-state index in [9.17, 15) is 4.79 Å². The number of halogens is 2. The van der Waals surface area contributed by atoms with Gasteiger partial charge in [-0.1, -0.05) is 0 Å². The van der Waals surface area contributed by atoms with Crippen molar-refractivity contribution in [1.29, 1.82) is 0 Å². The summed E-state index contributed by atoms with van der Waals surface area (Å²) in [6, 6.07) is 0. The molecule has 0 radical (unpaired) electrons. The molecule has 0 unspecified atom stereocenters. The van der Waals surface area contributed by atoms with E-state index in [2.05, 4.69) is 9.97 Å². The Morgan fingerprint density at radius 3 is 2.27 bits per heavy atom. The van der Waals surface area contributed by atoms with Crippen molar-refractivity contribution in [3.05, 3.63) is 18.0 Å². The molecule has 2 N–H and O–H groups in total. The minimum atomic E-state index is -0.583. The standard InChI is InChI=1S/C5H4ClN3O.ClH/c6-4(10)3-1-8-5(7)9-2-3;/h1-2H,(H2,7,8,9);1H. The molecule has 0 aliphatic heterocycles. The van der Waals surface area contributed by atoms with Gasteiger partial charge in [0.25, 0.3) is 5.24 Å². The Morgan fingerprint density at radius 2 is 1.91 bits per heavy atom. The van der Waals surface area contributed by atoms with Crippen LogP contribution < -0.4 is 5.73 Å². The van der Waals surface area contributed by atoms with E-state index >= 15 is 0 Å². The van der Waals surface area contributed by atoms with Gasteiger partial charge < -0.3 is 5.73 Å². The molecule has 0 spiro atoms. The molecule has 1 aromatic rings. The van der Waals surface area contributed by atoms with Crippen LogP contribution in [0.3, 0.4) is 0 Å². The van der Waals surface area contributed by atoms with Crippen LogP contribution in [0, 0.1) is 0 Å². The Kier molecular flexibility index (Phi) is 3.78. The predicted octanol–water partition coefficient (Wildman–Crippen LogP) is 0.860. The Morgan fingerprint density at radius 1 is 1.45 bits per heavy atom. The van der Waals surface area contributed by atoms with E-state index in [0.717, 1.165) is 0 Å². The van der Waals surface area contributed by atoms with Gasteiger partial charge in [0, 0.05) is 12.4 Å². The van der Waals surface area contributed by atoms with E-state index in [1.807, 2.05) is 0 Å². The molecule has 0 aromatic carbocycles. The molecule has 6 heteroatoms. The maximum atomic E-state index is 10.4. The van der Waals surface area contributed by atoms with Gasteiger partial charge in [0.05, 0.1) is 5.56 Å². The third kappa shape index (κ3) is 2.69. The largest absolute Gasteiger partial charge is 0.368 e. The first-order chi connectivity index (χ1) is 4.70. The van der Waals surface area contributed by atoms with Crippen molar-refractivity contribution < 1.29 is 4.79 Å². The minimum absolute atomic E-state index is 0. The molecule has 1 aromatic heterocycles. The fourth-order valence-corrected chi connectivity index (χ4v) is 0.537. The first-order valence-electron chi connectivity index (χ1n) is 2.47. The van der Waals surface area contributed by atoms with E-state index in [0.29, 0.717) is 0 Å². The molecular formula is C5H5Cl2N3O. The van der Waals surface area contributed by atoms with Crippen LogP contribution in [-0.4, -0.2) is 15.2 Å². The number of hydrogen-bond acceptors (Lipinski definition) is 4. The molecule has 0 aliphatic rings. The molecule has 0 aliphatic carbocycles. The highest BCUT2D eigenvalue weighted by atomic mass is 35.5. The molecule has 0 saturated heterocycles. The molecule has 1 rings (SSSR count). The van der Waals surface area contributed by atoms with Crippen molar-refractivity contribution in [2.75, 3.05) is 5.73 Å². The summed E-state index contributed by atoms with van der Waals surface area (Å²) >= 11 is 5.10. The number of rotatable bonds is 1. The lowest BCUT2D eigenvalue weighted by molar-refractivity contribution is 0.108. The summed E-state index contributed by atoms with van der Waals surface area (Å²) in [7, 11) is 0. The number of carbonyl (C=O) groups is 1. The van der Waals surface area contributed by atoms with Gasteiger partial charge in [0.2, 0.25) is 5.95 Å². The van der Waals surface area contributed by atoms with Crippen LogP contribution in [0.15, 0.2) is 12.4 Å². The second kappa shape index (κ2) is 4.10. The maximum absolute atomic E-state index is 10.4. The van der Waals surface area contributed by atoms with Crippen LogP contribution in [-0.2, 0) is 0 Å². The van der Waals surface area contributed by atoms with Crippen molar-refractivity contribution in [3.63, 3.8) is 0 Å². The molecule has 0 saturated carbocycles. The lowest BCUT2D eigenvalue weighted by atomic mass is 10.4. The second-order valence-electron chi connectivity index (χ2n) is 1.60. The molecule has 60 valence electrons. The number of nitrogen functional groups attached to an aromatic ring is 1. The van der Waals surface area contributed by atoms with E-state index < -0.39 is 5.24 Å². The third-order valence-corrected chi connectivity index (χ3v) is 1.12. The molecule has 0 bridgehead atoms. The quantitative estimate of drug-likeness (QED) is 0.673. The lowest BCUT2D eigenvalue weighted by Crippen LogP contribution is -1.97. The van der Waals surface area contributed by atoms with E-state index in [1.165, 1.54) is 12.4 Å². The molecule has 0 fully saturated rings. The minimum Gasteiger partial charge on any atom is -0.368 e. The average molecular weight is 194 g/mol. The summed E-state index contributed by atoms with van der Waals surface area (Å²) in [5, 5.41) is -0.583. The zero-order valence-electron chi connectivity index (χ0n) is 5.32. The number of hydrogen-bond donors (Lipinski definition) is 1. The van der Waals surface area contributed by atoms with E-state index in [-0.39, 0.29) is 23.9 Å².